The molecular weight excluding hydrogens is 349 g/mol. The summed E-state index contributed by atoms with van der Waals surface area (Å²) in [6, 6.07) is 11.3. The molecule has 2 aromatic rings. The van der Waals surface area contributed by atoms with Crippen LogP contribution in [-0.2, 0) is 13.2 Å². The second-order valence-electron chi connectivity index (χ2n) is 5.26. The summed E-state index contributed by atoms with van der Waals surface area (Å²) in [5, 5.41) is 12.1. The minimum atomic E-state index is 0.147. The van der Waals surface area contributed by atoms with E-state index in [0.29, 0.717) is 41.3 Å². The molecule has 130 valence electrons. The highest BCUT2D eigenvalue weighted by Gasteiger charge is 2.13. The van der Waals surface area contributed by atoms with Crippen molar-refractivity contribution in [2.45, 2.75) is 20.1 Å². The average molecular weight is 371 g/mol. The number of ether oxygens (including phenoxy) is 2. The second-order valence-corrected chi connectivity index (χ2v) is 6.10. The minimum Gasteiger partial charge on any atom is -0.490 e. The molecule has 2 rings (SSSR count). The molecule has 0 bridgehead atoms. The number of rotatable bonds is 9. The Bertz CT molecular complexity index is 647. The quantitative estimate of drug-likeness (QED) is 0.667. The van der Waals surface area contributed by atoms with Crippen molar-refractivity contribution < 1.29 is 19.9 Å². The molecule has 6 heteroatoms. The summed E-state index contributed by atoms with van der Waals surface area (Å²) in [4.78, 5) is 0. The van der Waals surface area contributed by atoms with Crippen molar-refractivity contribution in [2.75, 3.05) is 19.8 Å². The predicted molar refractivity (Wildman–Crippen MR) is 96.0 cm³/mol. The lowest BCUT2D eigenvalue weighted by Gasteiger charge is -2.15. The van der Waals surface area contributed by atoms with Gasteiger partial charge < -0.3 is 19.9 Å². The molecule has 0 aliphatic rings. The third-order valence-corrected chi connectivity index (χ3v) is 3.91. The number of nitrogens with two attached hydrogens (primary N) is 1. The zero-order valence-corrected chi connectivity index (χ0v) is 15.1. The average Bonchev–Trinajstić information content (AvgIpc) is 2.56. The van der Waals surface area contributed by atoms with E-state index in [1.54, 1.807) is 0 Å². The lowest BCUT2D eigenvalue weighted by atomic mass is 10.2. The Balaban J connectivity index is 2.13. The van der Waals surface area contributed by atoms with E-state index in [1.807, 2.05) is 48.6 Å². The molecule has 0 aliphatic carbocycles. The van der Waals surface area contributed by atoms with Crippen LogP contribution in [0.4, 0.5) is 0 Å². The molecule has 0 aliphatic heterocycles. The lowest BCUT2D eigenvalue weighted by molar-refractivity contribution is -0.671. The Hall–Kier alpha value is -1.46. The van der Waals surface area contributed by atoms with E-state index in [0.717, 1.165) is 17.7 Å². The fourth-order valence-corrected chi connectivity index (χ4v) is 2.65. The molecule has 24 heavy (non-hydrogen) atoms. The van der Waals surface area contributed by atoms with Crippen molar-refractivity contribution in [1.29, 1.82) is 0 Å². The van der Waals surface area contributed by atoms with E-state index in [-0.39, 0.29) is 6.61 Å². The lowest BCUT2D eigenvalue weighted by Crippen LogP contribution is -2.83. The first kappa shape index (κ1) is 18.9. The zero-order valence-electron chi connectivity index (χ0n) is 13.6. The van der Waals surface area contributed by atoms with Crippen LogP contribution in [0.5, 0.6) is 11.5 Å². The highest BCUT2D eigenvalue weighted by Crippen LogP contribution is 2.37. The molecular formula is C18H22Cl2NO3+. The van der Waals surface area contributed by atoms with Crippen LogP contribution in [0.15, 0.2) is 36.4 Å². The van der Waals surface area contributed by atoms with Crippen LogP contribution in [0.1, 0.15) is 18.1 Å². The maximum atomic E-state index is 8.87. The predicted octanol–water partition coefficient (Wildman–Crippen LogP) is 3.03. The third-order valence-electron chi connectivity index (χ3n) is 3.38. The Morgan fingerprint density at radius 1 is 1.04 bits per heavy atom. The van der Waals surface area contributed by atoms with Gasteiger partial charge in [-0.25, -0.2) is 0 Å². The van der Waals surface area contributed by atoms with Gasteiger partial charge in [0.1, 0.15) is 13.2 Å². The molecule has 0 radical (unpaired) electrons. The van der Waals surface area contributed by atoms with Crippen LogP contribution in [0.25, 0.3) is 0 Å². The van der Waals surface area contributed by atoms with E-state index in [2.05, 4.69) is 0 Å². The summed E-state index contributed by atoms with van der Waals surface area (Å²) in [5.74, 6) is 1.17. The van der Waals surface area contributed by atoms with Gasteiger partial charge in [0.25, 0.3) is 0 Å². The van der Waals surface area contributed by atoms with E-state index in [4.69, 9.17) is 37.8 Å². The van der Waals surface area contributed by atoms with E-state index in [9.17, 15) is 0 Å². The van der Waals surface area contributed by atoms with Crippen LogP contribution in [0.2, 0.25) is 10.0 Å². The number of hydrogen-bond donors (Lipinski definition) is 2. The topological polar surface area (TPSA) is 55.3 Å². The van der Waals surface area contributed by atoms with Crippen LogP contribution < -0.4 is 14.8 Å². The largest absolute Gasteiger partial charge is 0.490 e. The van der Waals surface area contributed by atoms with Gasteiger partial charge in [0.15, 0.2) is 11.5 Å². The van der Waals surface area contributed by atoms with Gasteiger partial charge in [-0.15, -0.1) is 0 Å². The van der Waals surface area contributed by atoms with Crippen molar-refractivity contribution in [3.63, 3.8) is 0 Å². The molecule has 0 atom stereocenters. The van der Waals surface area contributed by atoms with Crippen molar-refractivity contribution >= 4 is 23.2 Å². The Morgan fingerprint density at radius 2 is 1.79 bits per heavy atom. The molecule has 2 aromatic carbocycles. The van der Waals surface area contributed by atoms with Gasteiger partial charge in [-0.2, -0.15) is 0 Å². The van der Waals surface area contributed by atoms with Crippen LogP contribution >= 0.6 is 23.2 Å². The maximum absolute atomic E-state index is 8.87. The fraction of sp³-hybridized carbons (Fsp3) is 0.333. The van der Waals surface area contributed by atoms with Crippen LogP contribution in [-0.4, -0.2) is 24.9 Å². The van der Waals surface area contributed by atoms with Crippen molar-refractivity contribution in [1.82, 2.24) is 0 Å². The van der Waals surface area contributed by atoms with Crippen molar-refractivity contribution in [2.24, 2.45) is 0 Å². The Labute approximate surface area is 152 Å². The summed E-state index contributed by atoms with van der Waals surface area (Å²) in [6.07, 6.45) is 0. The number of aliphatic hydroxyl groups is 1. The number of halogens is 2. The van der Waals surface area contributed by atoms with Gasteiger partial charge >= 0.3 is 0 Å². The summed E-state index contributed by atoms with van der Waals surface area (Å²) in [6.45, 7) is 4.34. The Kier molecular flexibility index (Phi) is 7.66. The SMILES string of the molecule is CCOc1cc(C[NH2+]CCO)cc(Cl)c1OCc1ccc(Cl)cc1. The summed E-state index contributed by atoms with van der Waals surface area (Å²) >= 11 is 12.3. The molecule has 0 heterocycles. The van der Waals surface area contributed by atoms with E-state index in [1.165, 1.54) is 0 Å². The standard InChI is InChI=1S/C18H21Cl2NO3/c1-2-23-17-10-14(11-21-7-8-22)9-16(20)18(17)24-12-13-3-5-15(19)6-4-13/h3-6,9-10,21-22H,2,7-8,11-12H2,1H3/p+1. The number of aliphatic hydroxyl groups excluding tert-OH is 1. The van der Waals surface area contributed by atoms with Crippen LogP contribution in [0, 0.1) is 0 Å². The molecule has 0 aromatic heterocycles. The summed E-state index contributed by atoms with van der Waals surface area (Å²) < 4.78 is 11.6. The molecule has 0 saturated heterocycles. The highest BCUT2D eigenvalue weighted by molar-refractivity contribution is 6.32. The van der Waals surface area contributed by atoms with Gasteiger partial charge in [-0.1, -0.05) is 35.3 Å². The minimum absolute atomic E-state index is 0.147. The summed E-state index contributed by atoms with van der Waals surface area (Å²) in [5.41, 5.74) is 2.02. The van der Waals surface area contributed by atoms with Gasteiger partial charge in [-0.05, 0) is 36.8 Å². The molecule has 0 fully saturated rings. The zero-order chi connectivity index (χ0) is 17.4. The third kappa shape index (κ3) is 5.56. The normalized spacial score (nSPS) is 10.7. The van der Waals surface area contributed by atoms with Gasteiger partial charge in [0, 0.05) is 10.6 Å². The smallest absolute Gasteiger partial charge is 0.180 e. The fourth-order valence-electron chi connectivity index (χ4n) is 2.24. The molecule has 4 nitrogen and oxygen atoms in total. The maximum Gasteiger partial charge on any atom is 0.180 e. The number of benzene rings is 2. The first-order valence-electron chi connectivity index (χ1n) is 7.89. The molecule has 0 unspecified atom stereocenters. The molecule has 0 saturated carbocycles. The molecule has 0 amide bonds. The van der Waals surface area contributed by atoms with Crippen molar-refractivity contribution in [3.8, 4) is 11.5 Å². The Morgan fingerprint density at radius 3 is 2.46 bits per heavy atom. The first-order valence-corrected chi connectivity index (χ1v) is 8.64. The molecule has 0 spiro atoms. The van der Waals surface area contributed by atoms with Gasteiger partial charge in [0.05, 0.1) is 24.8 Å². The second kappa shape index (κ2) is 9.74. The number of hydrogen-bond acceptors (Lipinski definition) is 3. The number of quaternary nitrogens is 1. The van der Waals surface area contributed by atoms with E-state index < -0.39 is 0 Å². The highest BCUT2D eigenvalue weighted by atomic mass is 35.5. The summed E-state index contributed by atoms with van der Waals surface area (Å²) in [7, 11) is 0. The monoisotopic (exact) mass is 370 g/mol. The van der Waals surface area contributed by atoms with Gasteiger partial charge in [-0.3, -0.25) is 0 Å². The first-order chi connectivity index (χ1) is 11.6. The van der Waals surface area contributed by atoms with Gasteiger partial charge in [0.2, 0.25) is 0 Å². The van der Waals surface area contributed by atoms with Crippen molar-refractivity contribution in [3.05, 3.63) is 57.6 Å². The van der Waals surface area contributed by atoms with Crippen LogP contribution in [0.3, 0.4) is 0 Å². The molecule has 3 N–H and O–H groups in total. The van der Waals surface area contributed by atoms with E-state index >= 15 is 0 Å².